The van der Waals surface area contributed by atoms with E-state index in [-0.39, 0.29) is 0 Å². The van der Waals surface area contributed by atoms with Crippen LogP contribution in [0.1, 0.15) is 10.4 Å². The Kier molecular flexibility index (Phi) is 2.70. The maximum absolute atomic E-state index is 10.9. The highest BCUT2D eigenvalue weighted by Crippen LogP contribution is 2.19. The summed E-state index contributed by atoms with van der Waals surface area (Å²) in [6.45, 7) is 0. The Balaban J connectivity index is 3.21. The van der Waals surface area contributed by atoms with Gasteiger partial charge in [0.15, 0.2) is 0 Å². The van der Waals surface area contributed by atoms with Crippen LogP contribution in [-0.2, 0) is 0 Å². The Morgan fingerprint density at radius 1 is 1.58 bits per heavy atom. The number of carbonyl (C=O) groups is 1. The van der Waals surface area contributed by atoms with Gasteiger partial charge < -0.3 is 11.1 Å². The topological polar surface area (TPSA) is 55.1 Å². The highest BCUT2D eigenvalue weighted by atomic mass is 79.9. The Morgan fingerprint density at radius 3 is 2.75 bits per heavy atom. The minimum absolute atomic E-state index is 0.430. The van der Waals surface area contributed by atoms with E-state index in [1.54, 1.807) is 19.2 Å². The second-order valence-electron chi connectivity index (χ2n) is 2.30. The minimum Gasteiger partial charge on any atom is -0.387 e. The number of hydrogen-bond acceptors (Lipinski definition) is 2. The summed E-state index contributed by atoms with van der Waals surface area (Å²) in [6, 6.07) is 5.33. The third kappa shape index (κ3) is 1.76. The summed E-state index contributed by atoms with van der Waals surface area (Å²) in [6.07, 6.45) is 0. The Bertz CT molecular complexity index is 312. The molecule has 0 saturated heterocycles. The molecule has 12 heavy (non-hydrogen) atoms. The van der Waals surface area contributed by atoms with Crippen molar-refractivity contribution in [1.29, 1.82) is 0 Å². The molecule has 0 aliphatic rings. The quantitative estimate of drug-likeness (QED) is 0.808. The van der Waals surface area contributed by atoms with Crippen molar-refractivity contribution in [2.45, 2.75) is 0 Å². The van der Waals surface area contributed by atoms with Gasteiger partial charge in [-0.05, 0) is 18.2 Å². The highest BCUT2D eigenvalue weighted by molar-refractivity contribution is 9.10. The minimum atomic E-state index is -0.430. The normalized spacial score (nSPS) is 9.50. The average molecular weight is 229 g/mol. The van der Waals surface area contributed by atoms with Crippen LogP contribution in [0.2, 0.25) is 0 Å². The van der Waals surface area contributed by atoms with E-state index >= 15 is 0 Å². The van der Waals surface area contributed by atoms with Gasteiger partial charge in [0.1, 0.15) is 0 Å². The van der Waals surface area contributed by atoms with Crippen molar-refractivity contribution in [3.8, 4) is 0 Å². The van der Waals surface area contributed by atoms with Gasteiger partial charge in [0.25, 0.3) is 5.91 Å². The summed E-state index contributed by atoms with van der Waals surface area (Å²) in [5, 5.41) is 2.88. The van der Waals surface area contributed by atoms with E-state index in [0.717, 1.165) is 10.2 Å². The summed E-state index contributed by atoms with van der Waals surface area (Å²) in [5.74, 6) is -0.430. The molecule has 1 amide bonds. The number of benzene rings is 1. The second kappa shape index (κ2) is 3.58. The van der Waals surface area contributed by atoms with Gasteiger partial charge >= 0.3 is 0 Å². The van der Waals surface area contributed by atoms with Crippen molar-refractivity contribution in [2.75, 3.05) is 12.4 Å². The molecule has 0 aliphatic heterocycles. The number of primary amides is 1. The van der Waals surface area contributed by atoms with Gasteiger partial charge in [-0.2, -0.15) is 0 Å². The summed E-state index contributed by atoms with van der Waals surface area (Å²) in [7, 11) is 1.75. The molecule has 0 atom stereocenters. The van der Waals surface area contributed by atoms with Crippen molar-refractivity contribution in [3.05, 3.63) is 28.2 Å². The fourth-order valence-corrected chi connectivity index (χ4v) is 1.30. The lowest BCUT2D eigenvalue weighted by Gasteiger charge is -2.05. The first kappa shape index (κ1) is 9.06. The molecule has 0 bridgehead atoms. The van der Waals surface area contributed by atoms with Crippen LogP contribution in [0.15, 0.2) is 22.7 Å². The third-order valence-corrected chi connectivity index (χ3v) is 2.01. The number of nitrogens with two attached hydrogens (primary N) is 1. The van der Waals surface area contributed by atoms with Gasteiger partial charge in [-0.3, -0.25) is 4.79 Å². The van der Waals surface area contributed by atoms with E-state index in [0.29, 0.717) is 5.56 Å². The second-order valence-corrected chi connectivity index (χ2v) is 3.22. The van der Waals surface area contributed by atoms with E-state index in [4.69, 9.17) is 5.73 Å². The van der Waals surface area contributed by atoms with Gasteiger partial charge in [-0.1, -0.05) is 15.9 Å². The first-order valence-corrected chi connectivity index (χ1v) is 4.21. The molecule has 1 aromatic rings. The summed E-state index contributed by atoms with van der Waals surface area (Å²) >= 11 is 3.26. The summed E-state index contributed by atoms with van der Waals surface area (Å²) in [5.41, 5.74) is 6.39. The molecule has 0 unspecified atom stereocenters. The third-order valence-electron chi connectivity index (χ3n) is 1.52. The van der Waals surface area contributed by atoms with Crippen LogP contribution in [0.4, 0.5) is 5.69 Å². The lowest BCUT2D eigenvalue weighted by atomic mass is 10.2. The molecule has 3 N–H and O–H groups in total. The predicted octanol–water partition coefficient (Wildman–Crippen LogP) is 1.59. The lowest BCUT2D eigenvalue weighted by Crippen LogP contribution is -2.13. The predicted molar refractivity (Wildman–Crippen MR) is 52.2 cm³/mol. The number of amides is 1. The van der Waals surface area contributed by atoms with Crippen LogP contribution in [0.3, 0.4) is 0 Å². The number of carbonyl (C=O) groups excluding carboxylic acids is 1. The molecular weight excluding hydrogens is 220 g/mol. The molecule has 0 radical (unpaired) electrons. The van der Waals surface area contributed by atoms with Crippen molar-refractivity contribution in [1.82, 2.24) is 0 Å². The highest BCUT2D eigenvalue weighted by Gasteiger charge is 2.06. The molecule has 1 aromatic carbocycles. The molecule has 0 aromatic heterocycles. The van der Waals surface area contributed by atoms with E-state index in [9.17, 15) is 4.79 Å². The monoisotopic (exact) mass is 228 g/mol. The molecule has 0 spiro atoms. The summed E-state index contributed by atoms with van der Waals surface area (Å²) < 4.78 is 0.843. The van der Waals surface area contributed by atoms with Gasteiger partial charge in [0, 0.05) is 17.2 Å². The zero-order valence-electron chi connectivity index (χ0n) is 6.60. The van der Waals surface area contributed by atoms with E-state index in [1.807, 2.05) is 6.07 Å². The number of hydrogen-bond donors (Lipinski definition) is 2. The van der Waals surface area contributed by atoms with Gasteiger partial charge in [-0.15, -0.1) is 0 Å². The Morgan fingerprint density at radius 2 is 2.25 bits per heavy atom. The standard InChI is InChI=1S/C8H9BrN2O/c1-11-7-3-2-5(9)4-6(7)8(10)12/h2-4,11H,1H3,(H2,10,12). The number of halogens is 1. The molecule has 4 heteroatoms. The van der Waals surface area contributed by atoms with Gasteiger partial charge in [0.2, 0.25) is 0 Å². The molecule has 64 valence electrons. The number of rotatable bonds is 2. The van der Waals surface area contributed by atoms with Crippen molar-refractivity contribution in [2.24, 2.45) is 5.73 Å². The molecule has 1 rings (SSSR count). The van der Waals surface area contributed by atoms with Gasteiger partial charge in [-0.25, -0.2) is 0 Å². The lowest BCUT2D eigenvalue weighted by molar-refractivity contribution is 0.100. The van der Waals surface area contributed by atoms with E-state index in [2.05, 4.69) is 21.2 Å². The first-order chi connectivity index (χ1) is 5.65. The van der Waals surface area contributed by atoms with Gasteiger partial charge in [0.05, 0.1) is 5.56 Å². The van der Waals surface area contributed by atoms with E-state index in [1.165, 1.54) is 0 Å². The van der Waals surface area contributed by atoms with Crippen LogP contribution in [-0.4, -0.2) is 13.0 Å². The van der Waals surface area contributed by atoms with Crippen LogP contribution in [0.5, 0.6) is 0 Å². The molecule has 0 fully saturated rings. The van der Waals surface area contributed by atoms with Crippen LogP contribution in [0, 0.1) is 0 Å². The number of anilines is 1. The molecule has 3 nitrogen and oxygen atoms in total. The largest absolute Gasteiger partial charge is 0.387 e. The molecule has 0 saturated carbocycles. The fraction of sp³-hybridized carbons (Fsp3) is 0.125. The van der Waals surface area contributed by atoms with Crippen LogP contribution < -0.4 is 11.1 Å². The fourth-order valence-electron chi connectivity index (χ4n) is 0.938. The maximum atomic E-state index is 10.9. The molecule has 0 aliphatic carbocycles. The average Bonchev–Trinajstić information content (AvgIpc) is 2.04. The Hall–Kier alpha value is -1.03. The smallest absolute Gasteiger partial charge is 0.250 e. The zero-order valence-corrected chi connectivity index (χ0v) is 8.18. The van der Waals surface area contributed by atoms with E-state index < -0.39 is 5.91 Å². The Labute approximate surface area is 79.1 Å². The van der Waals surface area contributed by atoms with Crippen LogP contribution >= 0.6 is 15.9 Å². The first-order valence-electron chi connectivity index (χ1n) is 3.42. The summed E-state index contributed by atoms with van der Waals surface area (Å²) in [4.78, 5) is 10.9. The van der Waals surface area contributed by atoms with Crippen molar-refractivity contribution >= 4 is 27.5 Å². The molecule has 0 heterocycles. The SMILES string of the molecule is CNc1ccc(Br)cc1C(N)=O. The molecular formula is C8H9BrN2O. The van der Waals surface area contributed by atoms with Crippen LogP contribution in [0.25, 0.3) is 0 Å². The van der Waals surface area contributed by atoms with Crippen molar-refractivity contribution in [3.63, 3.8) is 0 Å². The zero-order chi connectivity index (χ0) is 9.14. The number of nitrogens with one attached hydrogen (secondary N) is 1. The maximum Gasteiger partial charge on any atom is 0.250 e. The van der Waals surface area contributed by atoms with Crippen molar-refractivity contribution < 1.29 is 4.79 Å².